The molecule has 1 fully saturated rings. The van der Waals surface area contributed by atoms with Crippen molar-refractivity contribution in [2.24, 2.45) is 11.7 Å². The molecule has 2 unspecified atom stereocenters. The van der Waals surface area contributed by atoms with Gasteiger partial charge in [-0.3, -0.25) is 4.79 Å². The third kappa shape index (κ3) is 1.93. The lowest BCUT2D eigenvalue weighted by Gasteiger charge is -2.24. The molecule has 0 aliphatic carbocycles. The Balaban J connectivity index is 2.30. The third-order valence-electron chi connectivity index (χ3n) is 3.18. The van der Waals surface area contributed by atoms with Gasteiger partial charge in [-0.2, -0.15) is 0 Å². The molecule has 1 aliphatic heterocycles. The molecule has 1 heterocycles. The van der Waals surface area contributed by atoms with Crippen molar-refractivity contribution in [2.45, 2.75) is 19.4 Å². The van der Waals surface area contributed by atoms with Crippen molar-refractivity contribution in [3.63, 3.8) is 0 Å². The summed E-state index contributed by atoms with van der Waals surface area (Å²) < 4.78 is 0. The molecule has 1 aromatic rings. The average Bonchev–Trinajstić information content (AvgIpc) is 2.53. The Morgan fingerprint density at radius 2 is 2.31 bits per heavy atom. The normalized spacial score (nSPS) is 25.2. The highest BCUT2D eigenvalue weighted by molar-refractivity contribution is 6.30. The highest BCUT2D eigenvalue weighted by atomic mass is 35.5. The van der Waals surface area contributed by atoms with Gasteiger partial charge >= 0.3 is 0 Å². The largest absolute Gasteiger partial charge is 0.330 e. The maximum Gasteiger partial charge on any atom is 0.227 e. The summed E-state index contributed by atoms with van der Waals surface area (Å²) >= 11 is 5.93. The van der Waals surface area contributed by atoms with Gasteiger partial charge in [0.05, 0.1) is 0 Å². The van der Waals surface area contributed by atoms with E-state index in [1.165, 1.54) is 0 Å². The number of anilines is 1. The van der Waals surface area contributed by atoms with Crippen LogP contribution < -0.4 is 10.6 Å². The zero-order chi connectivity index (χ0) is 11.7. The van der Waals surface area contributed by atoms with E-state index in [0.29, 0.717) is 18.0 Å². The van der Waals surface area contributed by atoms with Crippen LogP contribution in [-0.4, -0.2) is 18.5 Å². The van der Waals surface area contributed by atoms with Crippen LogP contribution in [0.1, 0.15) is 13.3 Å². The number of carbonyl (C=O) groups excluding carboxylic acids is 1. The molecule has 1 aromatic carbocycles. The van der Waals surface area contributed by atoms with Crippen molar-refractivity contribution in [3.05, 3.63) is 29.3 Å². The summed E-state index contributed by atoms with van der Waals surface area (Å²) in [4.78, 5) is 13.7. The number of benzene rings is 1. The summed E-state index contributed by atoms with van der Waals surface area (Å²) in [6.45, 7) is 2.58. The minimum Gasteiger partial charge on any atom is -0.330 e. The first-order valence-electron chi connectivity index (χ1n) is 5.41. The fourth-order valence-corrected chi connectivity index (χ4v) is 2.40. The molecule has 2 N–H and O–H groups in total. The standard InChI is InChI=1S/C12H15ClN2O/c1-8-9(7-14)5-12(16)15(8)11-4-2-3-10(13)6-11/h2-4,6,8-9H,5,7,14H2,1H3. The molecule has 86 valence electrons. The van der Waals surface area contributed by atoms with Crippen LogP contribution in [0, 0.1) is 5.92 Å². The van der Waals surface area contributed by atoms with Crippen molar-refractivity contribution >= 4 is 23.2 Å². The number of halogens is 1. The molecule has 0 saturated carbocycles. The van der Waals surface area contributed by atoms with Crippen LogP contribution in [-0.2, 0) is 4.79 Å². The van der Waals surface area contributed by atoms with Crippen LogP contribution in [0.25, 0.3) is 0 Å². The number of hydrogen-bond acceptors (Lipinski definition) is 2. The van der Waals surface area contributed by atoms with Gasteiger partial charge in [0.1, 0.15) is 0 Å². The molecule has 1 aliphatic rings. The van der Waals surface area contributed by atoms with Crippen LogP contribution >= 0.6 is 11.6 Å². The summed E-state index contributed by atoms with van der Waals surface area (Å²) in [7, 11) is 0. The van der Waals surface area contributed by atoms with Crippen molar-refractivity contribution < 1.29 is 4.79 Å². The van der Waals surface area contributed by atoms with Crippen LogP contribution in [0.4, 0.5) is 5.69 Å². The smallest absolute Gasteiger partial charge is 0.227 e. The number of hydrogen-bond donors (Lipinski definition) is 1. The Labute approximate surface area is 100 Å². The molecule has 3 nitrogen and oxygen atoms in total. The summed E-state index contributed by atoms with van der Waals surface area (Å²) in [5, 5.41) is 0.647. The van der Waals surface area contributed by atoms with Crippen molar-refractivity contribution in [1.29, 1.82) is 0 Å². The van der Waals surface area contributed by atoms with E-state index in [9.17, 15) is 4.79 Å². The molecule has 2 rings (SSSR count). The lowest BCUT2D eigenvalue weighted by Crippen LogP contribution is -2.34. The van der Waals surface area contributed by atoms with Gasteiger partial charge in [0, 0.05) is 29.1 Å². The monoisotopic (exact) mass is 238 g/mol. The predicted octanol–water partition coefficient (Wildman–Crippen LogP) is 2.04. The number of nitrogens with zero attached hydrogens (tertiary/aromatic N) is 1. The Kier molecular flexibility index (Phi) is 3.17. The summed E-state index contributed by atoms with van der Waals surface area (Å²) in [5.41, 5.74) is 6.51. The third-order valence-corrected chi connectivity index (χ3v) is 3.42. The minimum atomic E-state index is 0.130. The van der Waals surface area contributed by atoms with Crippen LogP contribution in [0.15, 0.2) is 24.3 Å². The molecular formula is C12H15ClN2O. The Morgan fingerprint density at radius 3 is 2.88 bits per heavy atom. The van der Waals surface area contributed by atoms with E-state index in [2.05, 4.69) is 0 Å². The van der Waals surface area contributed by atoms with Gasteiger partial charge in [0.2, 0.25) is 5.91 Å². The fourth-order valence-electron chi connectivity index (χ4n) is 2.22. The zero-order valence-corrected chi connectivity index (χ0v) is 9.95. The van der Waals surface area contributed by atoms with Crippen molar-refractivity contribution in [1.82, 2.24) is 0 Å². The van der Waals surface area contributed by atoms with E-state index in [1.54, 1.807) is 11.0 Å². The topological polar surface area (TPSA) is 46.3 Å². The minimum absolute atomic E-state index is 0.130. The molecule has 0 radical (unpaired) electrons. The second-order valence-electron chi connectivity index (χ2n) is 4.18. The SMILES string of the molecule is CC1C(CN)CC(=O)N1c1cccc(Cl)c1. The van der Waals surface area contributed by atoms with Crippen LogP contribution in [0.3, 0.4) is 0 Å². The maximum absolute atomic E-state index is 11.9. The first-order chi connectivity index (χ1) is 7.63. The van der Waals surface area contributed by atoms with Gasteiger partial charge < -0.3 is 10.6 Å². The molecule has 2 atom stereocenters. The molecular weight excluding hydrogens is 224 g/mol. The van der Waals surface area contributed by atoms with E-state index in [-0.39, 0.29) is 17.9 Å². The second kappa shape index (κ2) is 4.44. The number of rotatable bonds is 2. The average molecular weight is 239 g/mol. The highest BCUT2D eigenvalue weighted by Crippen LogP contribution is 2.31. The fraction of sp³-hybridized carbons (Fsp3) is 0.417. The van der Waals surface area contributed by atoms with Gasteiger partial charge in [-0.15, -0.1) is 0 Å². The molecule has 0 aromatic heterocycles. The van der Waals surface area contributed by atoms with Crippen LogP contribution in [0.5, 0.6) is 0 Å². The second-order valence-corrected chi connectivity index (χ2v) is 4.62. The Hall–Kier alpha value is -1.06. The predicted molar refractivity (Wildman–Crippen MR) is 65.6 cm³/mol. The first-order valence-corrected chi connectivity index (χ1v) is 5.79. The molecule has 16 heavy (non-hydrogen) atoms. The van der Waals surface area contributed by atoms with E-state index >= 15 is 0 Å². The van der Waals surface area contributed by atoms with E-state index in [1.807, 2.05) is 25.1 Å². The lowest BCUT2D eigenvalue weighted by atomic mass is 10.0. The molecule has 1 amide bonds. The van der Waals surface area contributed by atoms with Crippen molar-refractivity contribution in [2.75, 3.05) is 11.4 Å². The summed E-state index contributed by atoms with van der Waals surface area (Å²) in [6.07, 6.45) is 0.532. The zero-order valence-electron chi connectivity index (χ0n) is 9.19. The number of carbonyl (C=O) groups is 1. The number of nitrogens with two attached hydrogens (primary N) is 1. The quantitative estimate of drug-likeness (QED) is 0.857. The van der Waals surface area contributed by atoms with Gasteiger partial charge in [-0.05, 0) is 31.7 Å². The van der Waals surface area contributed by atoms with Crippen molar-refractivity contribution in [3.8, 4) is 0 Å². The number of amides is 1. The van der Waals surface area contributed by atoms with Gasteiger partial charge in [-0.25, -0.2) is 0 Å². The van der Waals surface area contributed by atoms with Gasteiger partial charge in [0.25, 0.3) is 0 Å². The van der Waals surface area contributed by atoms with Gasteiger partial charge in [-0.1, -0.05) is 17.7 Å². The molecule has 0 bridgehead atoms. The van der Waals surface area contributed by atoms with E-state index in [0.717, 1.165) is 5.69 Å². The Bertz CT molecular complexity index is 408. The molecule has 4 heteroatoms. The molecule has 1 saturated heterocycles. The Morgan fingerprint density at radius 1 is 1.56 bits per heavy atom. The van der Waals surface area contributed by atoms with Gasteiger partial charge in [0.15, 0.2) is 0 Å². The lowest BCUT2D eigenvalue weighted by molar-refractivity contribution is -0.117. The summed E-state index contributed by atoms with van der Waals surface area (Å²) in [5.74, 6) is 0.372. The van der Waals surface area contributed by atoms with E-state index < -0.39 is 0 Å². The maximum atomic E-state index is 11.9. The first kappa shape index (κ1) is 11.4. The highest BCUT2D eigenvalue weighted by Gasteiger charge is 2.36. The van der Waals surface area contributed by atoms with Crippen LogP contribution in [0.2, 0.25) is 5.02 Å². The summed E-state index contributed by atoms with van der Waals surface area (Å²) in [6, 6.07) is 7.52. The molecule has 0 spiro atoms. The van der Waals surface area contributed by atoms with E-state index in [4.69, 9.17) is 17.3 Å².